The molecule has 0 spiro atoms. The number of nitrogens with two attached hydrogens (primary N) is 2. The van der Waals surface area contributed by atoms with Crippen LogP contribution in [0.5, 0.6) is 0 Å². The van der Waals surface area contributed by atoms with Crippen molar-refractivity contribution in [1.29, 1.82) is 0 Å². The van der Waals surface area contributed by atoms with Gasteiger partial charge in [0.2, 0.25) is 0 Å². The smallest absolute Gasteiger partial charge is 0.322 e. The van der Waals surface area contributed by atoms with Crippen molar-refractivity contribution >= 4 is 23.3 Å². The number of nitrogens with one attached hydrogen (secondary N) is 1. The first kappa shape index (κ1) is 13.6. The lowest BCUT2D eigenvalue weighted by Gasteiger charge is -2.08. The molecule has 0 bridgehead atoms. The number of carbonyl (C=O) groups excluding carboxylic acids is 1. The molecule has 96 valence electrons. The van der Waals surface area contributed by atoms with Crippen LogP contribution in [0.1, 0.15) is 18.2 Å². The van der Waals surface area contributed by atoms with Gasteiger partial charge in [0.25, 0.3) is 5.71 Å². The van der Waals surface area contributed by atoms with E-state index in [1.807, 2.05) is 6.92 Å². The highest BCUT2D eigenvalue weighted by Gasteiger charge is 2.19. The van der Waals surface area contributed by atoms with Gasteiger partial charge in [-0.1, -0.05) is 6.92 Å². The number of carboxylic acids is 1. The number of amides is 1. The lowest BCUT2D eigenvalue weighted by Crippen LogP contribution is -2.48. The van der Waals surface area contributed by atoms with Crippen molar-refractivity contribution in [3.05, 3.63) is 23.5 Å². The Balaban J connectivity index is 3.11. The summed E-state index contributed by atoms with van der Waals surface area (Å²) in [5.41, 5.74) is 6.46. The average Bonchev–Trinajstić information content (AvgIpc) is 2.35. The fraction of sp³-hybridized carbons (Fsp3) is 0.273. The normalized spacial score (nSPS) is 9.83. The molecular formula is C11H15N4O3+. The van der Waals surface area contributed by atoms with Gasteiger partial charge in [-0.25, -0.2) is 5.41 Å². The van der Waals surface area contributed by atoms with Crippen molar-refractivity contribution in [2.45, 2.75) is 13.3 Å². The number of aryl methyl sites for hydroxylation is 1. The first-order valence-corrected chi connectivity index (χ1v) is 5.32. The highest BCUT2D eigenvalue weighted by molar-refractivity contribution is 6.43. The van der Waals surface area contributed by atoms with E-state index in [-0.39, 0.29) is 12.3 Å². The van der Waals surface area contributed by atoms with Gasteiger partial charge < -0.3 is 16.2 Å². The molecule has 0 fully saturated rings. The second kappa shape index (κ2) is 5.76. The van der Waals surface area contributed by atoms with E-state index in [4.69, 9.17) is 16.2 Å². The Hall–Kier alpha value is -2.44. The minimum Gasteiger partial charge on any atom is -0.480 e. The number of carbonyl (C=O) groups is 2. The number of aromatic nitrogens is 1. The van der Waals surface area contributed by atoms with Crippen LogP contribution in [-0.4, -0.2) is 34.2 Å². The lowest BCUT2D eigenvalue weighted by atomic mass is 10.1. The van der Waals surface area contributed by atoms with E-state index in [0.29, 0.717) is 17.7 Å². The minimum absolute atomic E-state index is 0.125. The lowest BCUT2D eigenvalue weighted by molar-refractivity contribution is -0.135. The van der Waals surface area contributed by atoms with Crippen LogP contribution in [0.4, 0.5) is 5.69 Å². The van der Waals surface area contributed by atoms with Gasteiger partial charge in [0.1, 0.15) is 6.54 Å². The number of hydrogen-bond donors (Lipinski definition) is 4. The van der Waals surface area contributed by atoms with Gasteiger partial charge in [0.05, 0.1) is 17.4 Å². The van der Waals surface area contributed by atoms with E-state index in [2.05, 4.69) is 10.3 Å². The number of hydrogen-bond acceptors (Lipinski definition) is 4. The van der Waals surface area contributed by atoms with E-state index < -0.39 is 11.9 Å². The molecule has 7 heteroatoms. The maximum absolute atomic E-state index is 11.1. The maximum atomic E-state index is 11.1. The van der Waals surface area contributed by atoms with Crippen molar-refractivity contribution in [2.75, 3.05) is 11.9 Å². The first-order chi connectivity index (χ1) is 8.45. The van der Waals surface area contributed by atoms with Crippen LogP contribution in [-0.2, 0) is 16.0 Å². The number of anilines is 1. The molecule has 0 atom stereocenters. The molecule has 7 nitrogen and oxygen atoms in total. The van der Waals surface area contributed by atoms with Crippen molar-refractivity contribution in [2.24, 2.45) is 5.73 Å². The molecule has 0 radical (unpaired) electrons. The molecule has 0 aliphatic rings. The Labute approximate surface area is 104 Å². The van der Waals surface area contributed by atoms with Crippen LogP contribution < -0.4 is 16.5 Å². The molecule has 0 aliphatic heterocycles. The zero-order chi connectivity index (χ0) is 13.7. The molecule has 1 aromatic rings. The van der Waals surface area contributed by atoms with Crippen molar-refractivity contribution in [3.63, 3.8) is 0 Å². The summed E-state index contributed by atoms with van der Waals surface area (Å²) in [5.74, 6) is -1.79. The molecule has 18 heavy (non-hydrogen) atoms. The van der Waals surface area contributed by atoms with E-state index >= 15 is 0 Å². The Morgan fingerprint density at radius 3 is 2.72 bits per heavy atom. The second-order valence-corrected chi connectivity index (χ2v) is 3.60. The highest BCUT2D eigenvalue weighted by Crippen LogP contribution is 2.15. The zero-order valence-corrected chi connectivity index (χ0v) is 9.93. The summed E-state index contributed by atoms with van der Waals surface area (Å²) in [7, 11) is 0. The van der Waals surface area contributed by atoms with Crippen molar-refractivity contribution < 1.29 is 20.1 Å². The van der Waals surface area contributed by atoms with Gasteiger partial charge in [-0.3, -0.25) is 14.6 Å². The van der Waals surface area contributed by atoms with Crippen LogP contribution >= 0.6 is 0 Å². The Morgan fingerprint density at radius 2 is 2.22 bits per heavy atom. The van der Waals surface area contributed by atoms with E-state index in [1.165, 1.54) is 6.20 Å². The van der Waals surface area contributed by atoms with E-state index in [1.54, 1.807) is 6.07 Å². The second-order valence-electron chi connectivity index (χ2n) is 3.60. The SMILES string of the molecule is CCc1cc(C(=[NH2+])C(N)=O)c(NCC(=O)O)cn1. The molecular weight excluding hydrogens is 236 g/mol. The predicted octanol–water partition coefficient (Wildman–Crippen LogP) is -1.83. The van der Waals surface area contributed by atoms with Crippen LogP contribution in [0, 0.1) is 0 Å². The molecule has 1 rings (SSSR count). The number of primary amides is 1. The largest absolute Gasteiger partial charge is 0.480 e. The molecule has 1 amide bonds. The quantitative estimate of drug-likeness (QED) is 0.442. The Kier molecular flexibility index (Phi) is 4.36. The van der Waals surface area contributed by atoms with Gasteiger partial charge in [-0.2, -0.15) is 0 Å². The van der Waals surface area contributed by atoms with Crippen LogP contribution in [0.3, 0.4) is 0 Å². The molecule has 0 saturated heterocycles. The van der Waals surface area contributed by atoms with Crippen LogP contribution in [0.2, 0.25) is 0 Å². The summed E-state index contributed by atoms with van der Waals surface area (Å²) >= 11 is 0. The molecule has 0 aliphatic carbocycles. The zero-order valence-electron chi connectivity index (χ0n) is 9.93. The summed E-state index contributed by atoms with van der Waals surface area (Å²) in [4.78, 5) is 25.7. The standard InChI is InChI=1S/C11H14N4O3/c1-2-6-3-7(10(12)11(13)18)8(4-14-6)15-5-9(16)17/h3-4,12,15H,2,5H2,1H3,(H2,13,18)(H,16,17)/p+1. The predicted molar refractivity (Wildman–Crippen MR) is 65.0 cm³/mol. The van der Waals surface area contributed by atoms with Gasteiger partial charge >= 0.3 is 11.9 Å². The molecule has 1 aromatic heterocycles. The average molecular weight is 251 g/mol. The van der Waals surface area contributed by atoms with E-state index in [9.17, 15) is 9.59 Å². The molecule has 0 saturated carbocycles. The monoisotopic (exact) mass is 251 g/mol. The van der Waals surface area contributed by atoms with E-state index in [0.717, 1.165) is 5.69 Å². The summed E-state index contributed by atoms with van der Waals surface area (Å²) in [6, 6.07) is 1.62. The first-order valence-electron chi connectivity index (χ1n) is 5.32. The van der Waals surface area contributed by atoms with Gasteiger partial charge in [0.15, 0.2) is 0 Å². The Morgan fingerprint density at radius 1 is 1.56 bits per heavy atom. The maximum Gasteiger partial charge on any atom is 0.322 e. The number of nitrogens with zero attached hydrogens (tertiary/aromatic N) is 1. The van der Waals surface area contributed by atoms with Crippen molar-refractivity contribution in [3.8, 4) is 0 Å². The Bertz CT molecular complexity index is 499. The third kappa shape index (κ3) is 3.27. The van der Waals surface area contributed by atoms with Crippen LogP contribution in [0.25, 0.3) is 0 Å². The van der Waals surface area contributed by atoms with Gasteiger partial charge in [0, 0.05) is 5.69 Å². The summed E-state index contributed by atoms with van der Waals surface area (Å²) < 4.78 is 0. The summed E-state index contributed by atoms with van der Waals surface area (Å²) in [5, 5.41) is 16.8. The number of pyridine rings is 1. The minimum atomic E-state index is -1.03. The molecule has 6 N–H and O–H groups in total. The third-order valence-electron chi connectivity index (χ3n) is 2.31. The van der Waals surface area contributed by atoms with Crippen molar-refractivity contribution in [1.82, 2.24) is 4.98 Å². The van der Waals surface area contributed by atoms with Gasteiger partial charge in [-0.15, -0.1) is 0 Å². The number of rotatable bonds is 6. The molecule has 0 unspecified atom stereocenters. The van der Waals surface area contributed by atoms with Gasteiger partial charge in [-0.05, 0) is 12.5 Å². The summed E-state index contributed by atoms with van der Waals surface area (Å²) in [6.45, 7) is 1.60. The molecule has 1 heterocycles. The third-order valence-corrected chi connectivity index (χ3v) is 2.31. The fourth-order valence-electron chi connectivity index (χ4n) is 1.36. The number of carboxylic acid groups (broad SMARTS) is 1. The summed E-state index contributed by atoms with van der Waals surface area (Å²) in [6.07, 6.45) is 2.10. The number of aliphatic carboxylic acids is 1. The molecule has 0 aromatic carbocycles. The highest BCUT2D eigenvalue weighted by atomic mass is 16.4. The fourth-order valence-corrected chi connectivity index (χ4v) is 1.36. The van der Waals surface area contributed by atoms with Crippen LogP contribution in [0.15, 0.2) is 12.3 Å². The topological polar surface area (TPSA) is 131 Å².